The van der Waals surface area contributed by atoms with E-state index in [0.29, 0.717) is 27.3 Å². The highest BCUT2D eigenvalue weighted by Gasteiger charge is 2.21. The van der Waals surface area contributed by atoms with Gasteiger partial charge in [-0.25, -0.2) is 4.79 Å². The number of hydrogen-bond donors (Lipinski definition) is 0. The Labute approximate surface area is 157 Å². The second-order valence-corrected chi connectivity index (χ2v) is 6.24. The third-order valence-electron chi connectivity index (χ3n) is 4.19. The lowest BCUT2D eigenvalue weighted by Gasteiger charge is -2.15. The highest BCUT2D eigenvalue weighted by atomic mass is 35.5. The number of carbonyl (C=O) groups excluding carboxylic acids is 2. The Morgan fingerprint density at radius 3 is 2.08 bits per heavy atom. The summed E-state index contributed by atoms with van der Waals surface area (Å²) in [5.74, 6) is -0.637. The van der Waals surface area contributed by atoms with Crippen molar-refractivity contribution in [3.8, 4) is 22.3 Å². The quantitative estimate of drug-likeness (QED) is 0.443. The maximum absolute atomic E-state index is 12.4. The maximum atomic E-state index is 12.4. The molecule has 0 heterocycles. The SMILES string of the molecule is COC(=O)c1cc(C(C)=O)c(-c2ccccc2)cc1-c1ccccc1Cl. The van der Waals surface area contributed by atoms with Crippen LogP contribution in [-0.4, -0.2) is 18.9 Å². The number of esters is 1. The topological polar surface area (TPSA) is 43.4 Å². The van der Waals surface area contributed by atoms with Gasteiger partial charge in [0, 0.05) is 16.1 Å². The Bertz CT molecular complexity index is 978. The minimum absolute atomic E-state index is 0.125. The number of Topliss-reactive ketones (excluding diaryl/α,β-unsaturated/α-hetero) is 1. The van der Waals surface area contributed by atoms with Crippen molar-refractivity contribution >= 4 is 23.4 Å². The summed E-state index contributed by atoms with van der Waals surface area (Å²) in [5, 5.41) is 0.521. The van der Waals surface area contributed by atoms with Crippen molar-refractivity contribution in [1.29, 1.82) is 0 Å². The van der Waals surface area contributed by atoms with E-state index in [-0.39, 0.29) is 5.78 Å². The number of rotatable bonds is 4. The zero-order chi connectivity index (χ0) is 18.7. The monoisotopic (exact) mass is 364 g/mol. The van der Waals surface area contributed by atoms with E-state index >= 15 is 0 Å². The molecule has 0 aliphatic heterocycles. The van der Waals surface area contributed by atoms with E-state index in [1.54, 1.807) is 12.1 Å². The second kappa shape index (κ2) is 7.54. The summed E-state index contributed by atoms with van der Waals surface area (Å²) in [5.41, 5.74) is 3.76. The van der Waals surface area contributed by atoms with Crippen LogP contribution in [-0.2, 0) is 4.74 Å². The molecule has 0 unspecified atom stereocenters. The molecule has 0 saturated carbocycles. The largest absolute Gasteiger partial charge is 0.465 e. The highest BCUT2D eigenvalue weighted by molar-refractivity contribution is 6.33. The summed E-state index contributed by atoms with van der Waals surface area (Å²) in [6, 6.07) is 20.3. The van der Waals surface area contributed by atoms with Gasteiger partial charge in [0.2, 0.25) is 0 Å². The number of benzene rings is 3. The molecule has 4 heteroatoms. The highest BCUT2D eigenvalue weighted by Crippen LogP contribution is 2.36. The lowest BCUT2D eigenvalue weighted by Crippen LogP contribution is -2.08. The van der Waals surface area contributed by atoms with Crippen LogP contribution >= 0.6 is 11.6 Å². The lowest BCUT2D eigenvalue weighted by molar-refractivity contribution is 0.0601. The molecule has 26 heavy (non-hydrogen) atoms. The molecule has 0 aliphatic rings. The van der Waals surface area contributed by atoms with Crippen LogP contribution in [0.5, 0.6) is 0 Å². The second-order valence-electron chi connectivity index (χ2n) is 5.84. The Kier molecular flexibility index (Phi) is 5.19. The molecule has 0 fully saturated rings. The molecule has 0 amide bonds. The van der Waals surface area contributed by atoms with Crippen molar-refractivity contribution in [3.63, 3.8) is 0 Å². The number of carbonyl (C=O) groups is 2. The molecule has 3 rings (SSSR count). The molecule has 0 aromatic heterocycles. The summed E-state index contributed by atoms with van der Waals surface area (Å²) < 4.78 is 4.93. The Balaban J connectivity index is 2.37. The molecule has 0 radical (unpaired) electrons. The standard InChI is InChI=1S/C22H17ClO3/c1-14(24)17-12-20(22(25)26-2)19(16-10-6-7-11-21(16)23)13-18(17)15-8-4-3-5-9-15/h3-13H,1-2H3. The molecular formula is C22H17ClO3. The molecular weight excluding hydrogens is 348 g/mol. The van der Waals surface area contributed by atoms with E-state index in [1.165, 1.54) is 14.0 Å². The number of ether oxygens (including phenoxy) is 1. The summed E-state index contributed by atoms with van der Waals surface area (Å²) in [6.45, 7) is 1.48. The molecule has 0 atom stereocenters. The van der Waals surface area contributed by atoms with E-state index in [1.807, 2.05) is 54.6 Å². The van der Waals surface area contributed by atoms with Gasteiger partial charge in [0.05, 0.1) is 12.7 Å². The fourth-order valence-corrected chi connectivity index (χ4v) is 3.17. The third kappa shape index (κ3) is 3.39. The van der Waals surface area contributed by atoms with Crippen molar-refractivity contribution in [1.82, 2.24) is 0 Å². The van der Waals surface area contributed by atoms with Crippen molar-refractivity contribution in [2.75, 3.05) is 7.11 Å². The van der Waals surface area contributed by atoms with Gasteiger partial charge in [0.15, 0.2) is 5.78 Å². The van der Waals surface area contributed by atoms with Gasteiger partial charge in [0.25, 0.3) is 0 Å². The number of methoxy groups -OCH3 is 1. The minimum atomic E-state index is -0.512. The van der Waals surface area contributed by atoms with E-state index < -0.39 is 5.97 Å². The van der Waals surface area contributed by atoms with Crippen molar-refractivity contribution < 1.29 is 14.3 Å². The fourth-order valence-electron chi connectivity index (χ4n) is 2.93. The van der Waals surface area contributed by atoms with Crippen LogP contribution < -0.4 is 0 Å². The van der Waals surface area contributed by atoms with Crippen LogP contribution in [0.4, 0.5) is 0 Å². The van der Waals surface area contributed by atoms with Gasteiger partial charge >= 0.3 is 5.97 Å². The third-order valence-corrected chi connectivity index (χ3v) is 4.52. The Morgan fingerprint density at radius 1 is 0.808 bits per heavy atom. The average molecular weight is 365 g/mol. The lowest BCUT2D eigenvalue weighted by atomic mass is 9.89. The van der Waals surface area contributed by atoms with Crippen molar-refractivity contribution in [2.24, 2.45) is 0 Å². The predicted molar refractivity (Wildman–Crippen MR) is 104 cm³/mol. The van der Waals surface area contributed by atoms with Gasteiger partial charge < -0.3 is 4.74 Å². The normalized spacial score (nSPS) is 10.4. The first-order chi connectivity index (χ1) is 12.5. The van der Waals surface area contributed by atoms with Crippen molar-refractivity contribution in [3.05, 3.63) is 82.9 Å². The van der Waals surface area contributed by atoms with Crippen LogP contribution in [0.2, 0.25) is 5.02 Å². The van der Waals surface area contributed by atoms with Gasteiger partial charge in [-0.15, -0.1) is 0 Å². The van der Waals surface area contributed by atoms with Gasteiger partial charge in [-0.3, -0.25) is 4.79 Å². The summed E-state index contributed by atoms with van der Waals surface area (Å²) in [4.78, 5) is 24.6. The Hall–Kier alpha value is -2.91. The molecule has 0 aliphatic carbocycles. The van der Waals surface area contributed by atoms with E-state index in [0.717, 1.165) is 11.1 Å². The minimum Gasteiger partial charge on any atom is -0.465 e. The van der Waals surface area contributed by atoms with Crippen LogP contribution in [0.15, 0.2) is 66.7 Å². The van der Waals surface area contributed by atoms with Gasteiger partial charge in [-0.2, -0.15) is 0 Å². The number of hydrogen-bond acceptors (Lipinski definition) is 3. The number of ketones is 1. The van der Waals surface area contributed by atoms with Crippen LogP contribution in [0.1, 0.15) is 27.6 Å². The van der Waals surface area contributed by atoms with E-state index in [2.05, 4.69) is 0 Å². The molecule has 3 aromatic carbocycles. The molecule has 130 valence electrons. The first-order valence-electron chi connectivity index (χ1n) is 8.10. The first kappa shape index (κ1) is 17.9. The predicted octanol–water partition coefficient (Wildman–Crippen LogP) is 5.66. The fraction of sp³-hybridized carbons (Fsp3) is 0.0909. The smallest absolute Gasteiger partial charge is 0.338 e. The molecule has 0 spiro atoms. The molecule has 0 N–H and O–H groups in total. The molecule has 0 bridgehead atoms. The zero-order valence-electron chi connectivity index (χ0n) is 14.5. The van der Waals surface area contributed by atoms with E-state index in [4.69, 9.17) is 16.3 Å². The summed E-state index contributed by atoms with van der Waals surface area (Å²) >= 11 is 6.36. The van der Waals surface area contributed by atoms with E-state index in [9.17, 15) is 9.59 Å². The summed E-state index contributed by atoms with van der Waals surface area (Å²) in [6.07, 6.45) is 0. The first-order valence-corrected chi connectivity index (χ1v) is 8.48. The number of halogens is 1. The van der Waals surface area contributed by atoms with Gasteiger partial charge in [-0.05, 0) is 41.8 Å². The van der Waals surface area contributed by atoms with Gasteiger partial charge in [0.1, 0.15) is 0 Å². The molecule has 0 saturated heterocycles. The molecule has 3 aromatic rings. The Morgan fingerprint density at radius 2 is 1.46 bits per heavy atom. The van der Waals surface area contributed by atoms with Crippen molar-refractivity contribution in [2.45, 2.75) is 6.92 Å². The van der Waals surface area contributed by atoms with Crippen LogP contribution in [0.3, 0.4) is 0 Å². The zero-order valence-corrected chi connectivity index (χ0v) is 15.2. The van der Waals surface area contributed by atoms with Crippen LogP contribution in [0.25, 0.3) is 22.3 Å². The summed E-state index contributed by atoms with van der Waals surface area (Å²) in [7, 11) is 1.32. The van der Waals surface area contributed by atoms with Gasteiger partial charge in [-0.1, -0.05) is 60.1 Å². The van der Waals surface area contributed by atoms with Crippen LogP contribution in [0, 0.1) is 0 Å². The molecule has 3 nitrogen and oxygen atoms in total. The average Bonchev–Trinajstić information content (AvgIpc) is 2.67. The maximum Gasteiger partial charge on any atom is 0.338 e.